The average molecular weight is 315 g/mol. The number of aromatic nitrogens is 2. The summed E-state index contributed by atoms with van der Waals surface area (Å²) in [6.45, 7) is 3.88. The monoisotopic (exact) mass is 315 g/mol. The van der Waals surface area contributed by atoms with Crippen molar-refractivity contribution in [2.24, 2.45) is 5.92 Å². The van der Waals surface area contributed by atoms with Crippen molar-refractivity contribution in [2.75, 3.05) is 13.2 Å². The molecular weight excluding hydrogens is 294 g/mol. The van der Waals surface area contributed by atoms with E-state index in [0.29, 0.717) is 24.5 Å². The number of carbonyl (C=O) groups excluding carboxylic acids is 1. The van der Waals surface area contributed by atoms with Crippen LogP contribution in [0.25, 0.3) is 0 Å². The normalized spacial score (nSPS) is 20.3. The Kier molecular flexibility index (Phi) is 3.69. The lowest BCUT2D eigenvalue weighted by molar-refractivity contribution is 0.0383. The number of hydrogen-bond acceptors (Lipinski definition) is 4. The number of fused-ring (bicyclic) bond motifs is 1. The summed E-state index contributed by atoms with van der Waals surface area (Å²) in [6.07, 6.45) is 7.01. The molecule has 6 nitrogen and oxygen atoms in total. The third kappa shape index (κ3) is 3.03. The molecule has 0 spiro atoms. The van der Waals surface area contributed by atoms with Crippen molar-refractivity contribution in [3.8, 4) is 0 Å². The van der Waals surface area contributed by atoms with Gasteiger partial charge in [-0.15, -0.1) is 0 Å². The highest BCUT2D eigenvalue weighted by atomic mass is 16.5. The number of furan rings is 1. The second-order valence-corrected chi connectivity index (χ2v) is 6.41. The van der Waals surface area contributed by atoms with Crippen molar-refractivity contribution in [3.63, 3.8) is 0 Å². The van der Waals surface area contributed by atoms with Gasteiger partial charge in [-0.1, -0.05) is 0 Å². The van der Waals surface area contributed by atoms with Gasteiger partial charge in [-0.05, 0) is 43.7 Å². The number of nitrogens with one attached hydrogen (secondary N) is 1. The summed E-state index contributed by atoms with van der Waals surface area (Å²) in [5, 5.41) is 7.62. The number of rotatable bonds is 5. The van der Waals surface area contributed by atoms with Crippen LogP contribution in [0.5, 0.6) is 0 Å². The number of nitrogens with zero attached hydrogens (tertiary/aromatic N) is 2. The Morgan fingerprint density at radius 3 is 3.09 bits per heavy atom. The Morgan fingerprint density at radius 1 is 1.48 bits per heavy atom. The lowest BCUT2D eigenvalue weighted by Gasteiger charge is -2.22. The van der Waals surface area contributed by atoms with E-state index in [0.717, 1.165) is 24.6 Å². The topological polar surface area (TPSA) is 69.3 Å². The van der Waals surface area contributed by atoms with Crippen LogP contribution in [0, 0.1) is 12.8 Å². The maximum absolute atomic E-state index is 12.2. The zero-order valence-electron chi connectivity index (χ0n) is 13.2. The van der Waals surface area contributed by atoms with Gasteiger partial charge < -0.3 is 14.5 Å². The maximum atomic E-state index is 12.2. The average Bonchev–Trinajstić information content (AvgIpc) is 3.08. The first-order chi connectivity index (χ1) is 11.2. The largest absolute Gasteiger partial charge is 0.469 e. The quantitative estimate of drug-likeness (QED) is 0.918. The van der Waals surface area contributed by atoms with Crippen LogP contribution in [0.15, 0.2) is 22.9 Å². The summed E-state index contributed by atoms with van der Waals surface area (Å²) in [7, 11) is 0. The molecule has 4 rings (SSSR count). The van der Waals surface area contributed by atoms with Crippen molar-refractivity contribution in [1.82, 2.24) is 15.1 Å². The molecule has 1 N–H and O–H groups in total. The molecule has 0 radical (unpaired) electrons. The van der Waals surface area contributed by atoms with E-state index in [2.05, 4.69) is 11.5 Å². The Bertz CT molecular complexity index is 714. The van der Waals surface area contributed by atoms with Crippen LogP contribution < -0.4 is 5.32 Å². The SMILES string of the molecule is Cc1occc1C(=O)NCC1OCCc2cn(CC3CC3)nc21. The molecule has 6 heteroatoms. The fourth-order valence-corrected chi connectivity index (χ4v) is 3.05. The molecule has 3 heterocycles. The van der Waals surface area contributed by atoms with E-state index in [9.17, 15) is 4.79 Å². The van der Waals surface area contributed by atoms with Crippen LogP contribution >= 0.6 is 0 Å². The fraction of sp³-hybridized carbons (Fsp3) is 0.529. The molecule has 1 aliphatic heterocycles. The van der Waals surface area contributed by atoms with E-state index in [1.54, 1.807) is 13.0 Å². The van der Waals surface area contributed by atoms with Crippen LogP contribution in [0.1, 0.15) is 46.3 Å². The molecule has 1 unspecified atom stereocenters. The highest BCUT2D eigenvalue weighted by Gasteiger charge is 2.28. The van der Waals surface area contributed by atoms with Gasteiger partial charge in [0.15, 0.2) is 0 Å². The standard InChI is InChI=1S/C17H21N3O3/c1-11-14(5-7-22-11)17(21)18-8-15-16-13(4-6-23-15)10-20(19-16)9-12-2-3-12/h5,7,10,12,15H,2-4,6,8-9H2,1H3,(H,18,21). The summed E-state index contributed by atoms with van der Waals surface area (Å²) in [6, 6.07) is 1.68. The van der Waals surface area contributed by atoms with E-state index in [4.69, 9.17) is 14.3 Å². The van der Waals surface area contributed by atoms with Gasteiger partial charge in [0.25, 0.3) is 5.91 Å². The molecule has 1 saturated carbocycles. The van der Waals surface area contributed by atoms with Crippen LogP contribution in [0.3, 0.4) is 0 Å². The molecule has 0 aromatic carbocycles. The van der Waals surface area contributed by atoms with Gasteiger partial charge in [0.1, 0.15) is 11.9 Å². The smallest absolute Gasteiger partial charge is 0.254 e. The van der Waals surface area contributed by atoms with E-state index in [1.165, 1.54) is 24.7 Å². The first kappa shape index (κ1) is 14.5. The van der Waals surface area contributed by atoms with E-state index in [1.807, 2.05) is 4.68 Å². The summed E-state index contributed by atoms with van der Waals surface area (Å²) >= 11 is 0. The molecule has 2 aromatic rings. The molecule has 2 aliphatic rings. The second-order valence-electron chi connectivity index (χ2n) is 6.41. The number of ether oxygens (including phenoxy) is 1. The molecule has 2 aromatic heterocycles. The summed E-state index contributed by atoms with van der Waals surface area (Å²) < 4.78 is 13.0. The number of aryl methyl sites for hydroxylation is 1. The lowest BCUT2D eigenvalue weighted by atomic mass is 10.1. The number of carbonyl (C=O) groups is 1. The highest BCUT2D eigenvalue weighted by Crippen LogP contribution is 2.32. The molecule has 0 bridgehead atoms. The Labute approximate surface area is 134 Å². The molecule has 1 amide bonds. The minimum atomic E-state index is -0.171. The summed E-state index contributed by atoms with van der Waals surface area (Å²) in [5.74, 6) is 1.28. The molecule has 1 aliphatic carbocycles. The number of amides is 1. The Hall–Kier alpha value is -2.08. The first-order valence-corrected chi connectivity index (χ1v) is 8.21. The van der Waals surface area contributed by atoms with Gasteiger partial charge in [-0.25, -0.2) is 0 Å². The van der Waals surface area contributed by atoms with Gasteiger partial charge in [-0.3, -0.25) is 9.48 Å². The lowest BCUT2D eigenvalue weighted by Crippen LogP contribution is -2.32. The van der Waals surface area contributed by atoms with Crippen LogP contribution in [0.4, 0.5) is 0 Å². The third-order valence-corrected chi connectivity index (χ3v) is 4.56. The third-order valence-electron chi connectivity index (χ3n) is 4.56. The number of hydrogen-bond donors (Lipinski definition) is 1. The van der Waals surface area contributed by atoms with Crippen molar-refractivity contribution < 1.29 is 13.9 Å². The van der Waals surface area contributed by atoms with Gasteiger partial charge in [0.2, 0.25) is 0 Å². The Balaban J connectivity index is 1.43. The highest BCUT2D eigenvalue weighted by molar-refractivity contribution is 5.95. The molecule has 122 valence electrons. The van der Waals surface area contributed by atoms with Crippen LogP contribution in [-0.2, 0) is 17.7 Å². The van der Waals surface area contributed by atoms with Crippen molar-refractivity contribution in [1.29, 1.82) is 0 Å². The summed E-state index contributed by atoms with van der Waals surface area (Å²) in [4.78, 5) is 12.2. The van der Waals surface area contributed by atoms with Gasteiger partial charge >= 0.3 is 0 Å². The predicted octanol–water partition coefficient (Wildman–Crippen LogP) is 2.24. The van der Waals surface area contributed by atoms with Crippen molar-refractivity contribution >= 4 is 5.91 Å². The molecule has 23 heavy (non-hydrogen) atoms. The van der Waals surface area contributed by atoms with Crippen molar-refractivity contribution in [2.45, 2.75) is 38.8 Å². The van der Waals surface area contributed by atoms with E-state index >= 15 is 0 Å². The van der Waals surface area contributed by atoms with Crippen LogP contribution in [-0.4, -0.2) is 28.8 Å². The molecular formula is C17H21N3O3. The zero-order chi connectivity index (χ0) is 15.8. The minimum absolute atomic E-state index is 0.135. The van der Waals surface area contributed by atoms with E-state index < -0.39 is 0 Å². The van der Waals surface area contributed by atoms with Gasteiger partial charge in [0.05, 0.1) is 24.1 Å². The van der Waals surface area contributed by atoms with Crippen LogP contribution in [0.2, 0.25) is 0 Å². The maximum Gasteiger partial charge on any atom is 0.254 e. The zero-order valence-corrected chi connectivity index (χ0v) is 13.2. The molecule has 1 fully saturated rings. The van der Waals surface area contributed by atoms with Gasteiger partial charge in [0, 0.05) is 19.3 Å². The van der Waals surface area contributed by atoms with Crippen molar-refractivity contribution in [3.05, 3.63) is 41.1 Å². The van der Waals surface area contributed by atoms with Gasteiger partial charge in [-0.2, -0.15) is 5.10 Å². The predicted molar refractivity (Wildman–Crippen MR) is 83.1 cm³/mol. The fourth-order valence-electron chi connectivity index (χ4n) is 3.05. The first-order valence-electron chi connectivity index (χ1n) is 8.21. The minimum Gasteiger partial charge on any atom is -0.469 e. The summed E-state index contributed by atoms with van der Waals surface area (Å²) in [5.41, 5.74) is 2.79. The second kappa shape index (κ2) is 5.85. The van der Waals surface area contributed by atoms with E-state index in [-0.39, 0.29) is 12.0 Å². The molecule has 1 atom stereocenters. The molecule has 0 saturated heterocycles. The Morgan fingerprint density at radius 2 is 2.35 bits per heavy atom.